The topological polar surface area (TPSA) is 99.0 Å². The van der Waals surface area contributed by atoms with Gasteiger partial charge in [-0.25, -0.2) is 0 Å². The van der Waals surface area contributed by atoms with Crippen molar-refractivity contribution in [2.75, 3.05) is 50.0 Å². The first-order chi connectivity index (χ1) is 21.2. The van der Waals surface area contributed by atoms with Crippen LogP contribution in [-0.2, 0) is 22.6 Å². The van der Waals surface area contributed by atoms with E-state index in [1.165, 1.54) is 0 Å². The van der Waals surface area contributed by atoms with E-state index in [9.17, 15) is 14.4 Å². The molecule has 5 rings (SSSR count). The molecular weight excluding hydrogens is 550 g/mol. The molecule has 3 N–H and O–H groups in total. The van der Waals surface area contributed by atoms with Gasteiger partial charge in [-0.1, -0.05) is 56.3 Å². The van der Waals surface area contributed by atoms with Crippen molar-refractivity contribution >= 4 is 29.1 Å². The molecule has 1 atom stereocenters. The van der Waals surface area contributed by atoms with E-state index in [0.717, 1.165) is 73.5 Å². The molecular formula is C36H45N5O3. The number of aryl methyl sites for hydroxylation is 1. The van der Waals surface area contributed by atoms with Gasteiger partial charge in [0, 0.05) is 63.1 Å². The van der Waals surface area contributed by atoms with Crippen LogP contribution in [-0.4, -0.2) is 67.3 Å². The monoisotopic (exact) mass is 595 g/mol. The number of nitrogens with zero attached hydrogens (tertiary/aromatic N) is 3. The van der Waals surface area contributed by atoms with Crippen LogP contribution in [0.2, 0.25) is 0 Å². The fourth-order valence-electron chi connectivity index (χ4n) is 6.44. The molecule has 232 valence electrons. The van der Waals surface area contributed by atoms with Crippen LogP contribution < -0.4 is 16.0 Å². The first-order valence-corrected chi connectivity index (χ1v) is 15.8. The van der Waals surface area contributed by atoms with Gasteiger partial charge < -0.3 is 20.9 Å². The average molecular weight is 596 g/mol. The third-order valence-corrected chi connectivity index (χ3v) is 8.80. The largest absolute Gasteiger partial charge is 0.369 e. The Morgan fingerprint density at radius 3 is 2.59 bits per heavy atom. The summed E-state index contributed by atoms with van der Waals surface area (Å²) < 4.78 is 0. The van der Waals surface area contributed by atoms with Crippen molar-refractivity contribution in [3.05, 3.63) is 83.4 Å². The van der Waals surface area contributed by atoms with E-state index in [1.54, 1.807) is 11.9 Å². The van der Waals surface area contributed by atoms with Crippen LogP contribution in [0.4, 0.5) is 11.4 Å². The Kier molecular flexibility index (Phi) is 10.1. The van der Waals surface area contributed by atoms with Crippen LogP contribution in [0.5, 0.6) is 0 Å². The molecule has 1 fully saturated rings. The Labute approximate surface area is 261 Å². The molecule has 3 aromatic carbocycles. The number of nitrogens with two attached hydrogens (primary N) is 1. The number of likely N-dealkylation sites (tertiary alicyclic amines) is 1. The second-order valence-electron chi connectivity index (χ2n) is 12.7. The number of benzene rings is 3. The van der Waals surface area contributed by atoms with E-state index in [1.807, 2.05) is 48.5 Å². The molecule has 0 spiro atoms. The number of carbonyl (C=O) groups excluding carboxylic acids is 3. The SMILES string of the molecule is CC(C)CN(CCN1CCCC(C(N)=O)C1)Cc1cc(C(=O)Nc2ccc3c(c2)N(C)C(=O)CC3)ccc1-c1ccccc1. The van der Waals surface area contributed by atoms with Crippen LogP contribution in [0.3, 0.4) is 0 Å². The summed E-state index contributed by atoms with van der Waals surface area (Å²) >= 11 is 0. The minimum Gasteiger partial charge on any atom is -0.369 e. The number of hydrogen-bond acceptors (Lipinski definition) is 5. The van der Waals surface area contributed by atoms with Gasteiger partial charge in [0.25, 0.3) is 5.91 Å². The fraction of sp³-hybridized carbons (Fsp3) is 0.417. The first-order valence-electron chi connectivity index (χ1n) is 15.8. The lowest BCUT2D eigenvalue weighted by atomic mass is 9.96. The van der Waals surface area contributed by atoms with E-state index < -0.39 is 0 Å². The lowest BCUT2D eigenvalue weighted by Gasteiger charge is -2.33. The molecule has 1 unspecified atom stereocenters. The maximum Gasteiger partial charge on any atom is 0.255 e. The van der Waals surface area contributed by atoms with Gasteiger partial charge in [-0.15, -0.1) is 0 Å². The van der Waals surface area contributed by atoms with Gasteiger partial charge in [0.15, 0.2) is 0 Å². The normalized spacial score (nSPS) is 17.2. The molecule has 8 nitrogen and oxygen atoms in total. The molecule has 44 heavy (non-hydrogen) atoms. The van der Waals surface area contributed by atoms with E-state index in [2.05, 4.69) is 47.2 Å². The summed E-state index contributed by atoms with van der Waals surface area (Å²) in [6, 6.07) is 22.0. The van der Waals surface area contributed by atoms with Crippen molar-refractivity contribution in [3.8, 4) is 11.1 Å². The van der Waals surface area contributed by atoms with Gasteiger partial charge in [0.1, 0.15) is 0 Å². The second-order valence-corrected chi connectivity index (χ2v) is 12.7. The highest BCUT2D eigenvalue weighted by molar-refractivity contribution is 6.05. The molecule has 2 heterocycles. The van der Waals surface area contributed by atoms with Gasteiger partial charge in [-0.05, 0) is 78.2 Å². The zero-order valence-electron chi connectivity index (χ0n) is 26.2. The number of anilines is 2. The summed E-state index contributed by atoms with van der Waals surface area (Å²) in [6.07, 6.45) is 3.08. The molecule has 1 saturated heterocycles. The van der Waals surface area contributed by atoms with Crippen LogP contribution in [0.1, 0.15) is 54.6 Å². The zero-order chi connectivity index (χ0) is 31.2. The molecule has 8 heteroatoms. The highest BCUT2D eigenvalue weighted by atomic mass is 16.2. The lowest BCUT2D eigenvalue weighted by Crippen LogP contribution is -2.44. The number of primary amides is 1. The van der Waals surface area contributed by atoms with Crippen LogP contribution in [0.25, 0.3) is 11.1 Å². The number of amides is 3. The standard InChI is InChI=1S/C36H45N5O3/c1-25(2)22-41(19-18-40-17-7-10-29(23-40)35(37)43)24-30-20-28(12-15-32(30)26-8-5-4-6-9-26)36(44)38-31-14-11-27-13-16-34(42)39(3)33(27)21-31/h4-6,8-9,11-12,14-15,20-21,25,29H,7,10,13,16-19,22-24H2,1-3H3,(H2,37,43)(H,38,44). The summed E-state index contributed by atoms with van der Waals surface area (Å²) in [5.41, 5.74) is 12.2. The van der Waals surface area contributed by atoms with Crippen molar-refractivity contribution in [1.29, 1.82) is 0 Å². The molecule has 0 saturated carbocycles. The second kappa shape index (κ2) is 14.2. The number of rotatable bonds is 11. The van der Waals surface area contributed by atoms with Gasteiger partial charge in [-0.2, -0.15) is 0 Å². The summed E-state index contributed by atoms with van der Waals surface area (Å²) in [4.78, 5) is 44.1. The predicted octanol–water partition coefficient (Wildman–Crippen LogP) is 5.17. The molecule has 0 aliphatic carbocycles. The van der Waals surface area contributed by atoms with E-state index in [4.69, 9.17) is 5.73 Å². The van der Waals surface area contributed by atoms with Crippen molar-refractivity contribution in [2.45, 2.75) is 46.1 Å². The maximum absolute atomic E-state index is 13.6. The maximum atomic E-state index is 13.6. The summed E-state index contributed by atoms with van der Waals surface area (Å²) in [5.74, 6) is 0.0960. The van der Waals surface area contributed by atoms with Gasteiger partial charge >= 0.3 is 0 Å². The minimum atomic E-state index is -0.202. The first kappa shape index (κ1) is 31.4. The Bertz CT molecular complexity index is 1490. The van der Waals surface area contributed by atoms with E-state index in [0.29, 0.717) is 36.6 Å². The van der Waals surface area contributed by atoms with Crippen molar-refractivity contribution in [3.63, 3.8) is 0 Å². The summed E-state index contributed by atoms with van der Waals surface area (Å²) in [7, 11) is 1.78. The molecule has 3 aromatic rings. The molecule has 0 bridgehead atoms. The zero-order valence-corrected chi connectivity index (χ0v) is 26.2. The van der Waals surface area contributed by atoms with Gasteiger partial charge in [0.05, 0.1) is 5.92 Å². The van der Waals surface area contributed by atoms with E-state index >= 15 is 0 Å². The molecule has 0 radical (unpaired) electrons. The van der Waals surface area contributed by atoms with Crippen LogP contribution in [0.15, 0.2) is 66.7 Å². The van der Waals surface area contributed by atoms with Crippen molar-refractivity contribution in [1.82, 2.24) is 9.80 Å². The third kappa shape index (κ3) is 7.73. The number of nitrogens with one attached hydrogen (secondary N) is 1. The van der Waals surface area contributed by atoms with Gasteiger partial charge in [-0.3, -0.25) is 19.3 Å². The quantitative estimate of drug-likeness (QED) is 0.319. The fourth-order valence-corrected chi connectivity index (χ4v) is 6.44. The number of hydrogen-bond donors (Lipinski definition) is 2. The van der Waals surface area contributed by atoms with Crippen LogP contribution >= 0.6 is 0 Å². The number of fused-ring (bicyclic) bond motifs is 1. The Balaban J connectivity index is 1.37. The summed E-state index contributed by atoms with van der Waals surface area (Å²) in [5, 5.41) is 3.06. The van der Waals surface area contributed by atoms with Gasteiger partial charge in [0.2, 0.25) is 11.8 Å². The predicted molar refractivity (Wildman–Crippen MR) is 176 cm³/mol. The van der Waals surface area contributed by atoms with E-state index in [-0.39, 0.29) is 23.6 Å². The Morgan fingerprint density at radius 2 is 1.84 bits per heavy atom. The lowest BCUT2D eigenvalue weighted by molar-refractivity contribution is -0.123. The van der Waals surface area contributed by atoms with Crippen molar-refractivity contribution < 1.29 is 14.4 Å². The van der Waals surface area contributed by atoms with Crippen LogP contribution in [0, 0.1) is 11.8 Å². The Hall–Kier alpha value is -4.01. The highest BCUT2D eigenvalue weighted by Gasteiger charge is 2.25. The molecule has 3 amide bonds. The summed E-state index contributed by atoms with van der Waals surface area (Å²) in [6.45, 7) is 9.49. The number of piperidine rings is 1. The molecule has 2 aliphatic rings. The molecule has 2 aliphatic heterocycles. The third-order valence-electron chi connectivity index (χ3n) is 8.80. The molecule has 0 aromatic heterocycles. The average Bonchev–Trinajstić information content (AvgIpc) is 3.02. The Morgan fingerprint density at radius 1 is 1.05 bits per heavy atom. The minimum absolute atomic E-state index is 0.0711. The highest BCUT2D eigenvalue weighted by Crippen LogP contribution is 2.31. The number of carbonyl (C=O) groups is 3. The van der Waals surface area contributed by atoms with Crippen molar-refractivity contribution in [2.24, 2.45) is 17.6 Å². The smallest absolute Gasteiger partial charge is 0.255 e.